The highest BCUT2D eigenvalue weighted by molar-refractivity contribution is 5.72. The number of benzene rings is 3. The Labute approximate surface area is 202 Å². The van der Waals surface area contributed by atoms with Crippen LogP contribution in [0.4, 0.5) is 0 Å². The van der Waals surface area contributed by atoms with E-state index < -0.39 is 0 Å². The highest BCUT2D eigenvalue weighted by atomic mass is 16.5. The molecule has 4 heteroatoms. The van der Waals surface area contributed by atoms with Crippen molar-refractivity contribution >= 4 is 5.76 Å². The lowest BCUT2D eigenvalue weighted by molar-refractivity contribution is 0.240. The molecular weight excluding hydrogens is 422 g/mol. The molecule has 1 atom stereocenters. The fraction of sp³-hybridized carbons (Fsp3) is 0.333. The van der Waals surface area contributed by atoms with Crippen molar-refractivity contribution in [3.63, 3.8) is 0 Å². The summed E-state index contributed by atoms with van der Waals surface area (Å²) in [6.45, 7) is 3.19. The number of methoxy groups -OCH3 is 2. The summed E-state index contributed by atoms with van der Waals surface area (Å²) in [6.07, 6.45) is 4.80. The first-order valence-corrected chi connectivity index (χ1v) is 12.3. The van der Waals surface area contributed by atoms with Crippen LogP contribution < -0.4 is 14.2 Å². The molecule has 1 unspecified atom stereocenters. The molecule has 176 valence electrons. The van der Waals surface area contributed by atoms with Gasteiger partial charge in [0.15, 0.2) is 11.5 Å². The molecule has 34 heavy (non-hydrogen) atoms. The van der Waals surface area contributed by atoms with Crippen LogP contribution in [0, 0.1) is 0 Å². The molecule has 0 N–H and O–H groups in total. The number of hydrogen-bond acceptors (Lipinski definition) is 4. The summed E-state index contributed by atoms with van der Waals surface area (Å²) in [6, 6.07) is 25.4. The van der Waals surface area contributed by atoms with Gasteiger partial charge in [0.2, 0.25) is 0 Å². The molecule has 0 bridgehead atoms. The van der Waals surface area contributed by atoms with Crippen LogP contribution in [-0.4, -0.2) is 38.8 Å². The van der Waals surface area contributed by atoms with E-state index >= 15 is 0 Å². The molecule has 4 nitrogen and oxygen atoms in total. The zero-order chi connectivity index (χ0) is 23.3. The molecular formula is C30H33NO3. The van der Waals surface area contributed by atoms with Crippen molar-refractivity contribution in [2.75, 3.05) is 33.9 Å². The van der Waals surface area contributed by atoms with Gasteiger partial charge < -0.3 is 14.2 Å². The fourth-order valence-electron chi connectivity index (χ4n) is 5.23. The predicted molar refractivity (Wildman–Crippen MR) is 137 cm³/mol. The van der Waals surface area contributed by atoms with E-state index in [1.54, 1.807) is 14.2 Å². The van der Waals surface area contributed by atoms with Gasteiger partial charge in [0.1, 0.15) is 11.5 Å². The van der Waals surface area contributed by atoms with Gasteiger partial charge in [0, 0.05) is 23.6 Å². The average Bonchev–Trinajstić information content (AvgIpc) is 2.90. The molecule has 0 radical (unpaired) electrons. The summed E-state index contributed by atoms with van der Waals surface area (Å²) in [5.74, 6) is 3.58. The number of hydrogen-bond donors (Lipinski definition) is 0. The molecule has 5 rings (SSSR count). The lowest BCUT2D eigenvalue weighted by atomic mass is 9.81. The van der Waals surface area contributed by atoms with Crippen molar-refractivity contribution in [1.82, 2.24) is 4.90 Å². The van der Waals surface area contributed by atoms with Gasteiger partial charge in [-0.3, -0.25) is 4.90 Å². The summed E-state index contributed by atoms with van der Waals surface area (Å²) in [4.78, 5) is 2.59. The van der Waals surface area contributed by atoms with Gasteiger partial charge in [0.25, 0.3) is 0 Å². The van der Waals surface area contributed by atoms with Crippen LogP contribution in [0.3, 0.4) is 0 Å². The minimum atomic E-state index is 0.248. The van der Waals surface area contributed by atoms with E-state index in [-0.39, 0.29) is 5.92 Å². The summed E-state index contributed by atoms with van der Waals surface area (Å²) < 4.78 is 17.8. The largest absolute Gasteiger partial charge is 0.493 e. The zero-order valence-electron chi connectivity index (χ0n) is 20.1. The van der Waals surface area contributed by atoms with Crippen molar-refractivity contribution in [1.29, 1.82) is 0 Å². The van der Waals surface area contributed by atoms with Crippen molar-refractivity contribution in [2.45, 2.75) is 31.6 Å². The first kappa shape index (κ1) is 22.5. The van der Waals surface area contributed by atoms with Gasteiger partial charge in [-0.15, -0.1) is 0 Å². The monoisotopic (exact) mass is 455 g/mol. The van der Waals surface area contributed by atoms with Gasteiger partial charge in [0.05, 0.1) is 14.2 Å². The fourth-order valence-corrected chi connectivity index (χ4v) is 5.23. The summed E-state index contributed by atoms with van der Waals surface area (Å²) in [5, 5.41) is 0. The van der Waals surface area contributed by atoms with E-state index in [0.29, 0.717) is 5.75 Å². The maximum Gasteiger partial charge on any atom is 0.161 e. The third-order valence-electron chi connectivity index (χ3n) is 6.99. The molecule has 0 spiro atoms. The quantitative estimate of drug-likeness (QED) is 0.417. The Morgan fingerprint density at radius 3 is 2.32 bits per heavy atom. The predicted octanol–water partition coefficient (Wildman–Crippen LogP) is 6.32. The minimum absolute atomic E-state index is 0.248. The van der Waals surface area contributed by atoms with Crippen molar-refractivity contribution < 1.29 is 14.2 Å². The molecule has 2 aliphatic rings. The third-order valence-corrected chi connectivity index (χ3v) is 6.99. The lowest BCUT2D eigenvalue weighted by Crippen LogP contribution is -2.34. The van der Waals surface area contributed by atoms with Crippen LogP contribution in [0.2, 0.25) is 0 Å². The molecule has 1 fully saturated rings. The number of fused-ring (bicyclic) bond motifs is 1. The van der Waals surface area contributed by atoms with E-state index in [0.717, 1.165) is 48.9 Å². The second kappa shape index (κ2) is 10.4. The van der Waals surface area contributed by atoms with E-state index in [4.69, 9.17) is 14.2 Å². The summed E-state index contributed by atoms with van der Waals surface area (Å²) in [5.41, 5.74) is 4.98. The molecule has 2 heterocycles. The number of para-hydroxylation sites is 1. The maximum absolute atomic E-state index is 6.67. The summed E-state index contributed by atoms with van der Waals surface area (Å²) >= 11 is 0. The van der Waals surface area contributed by atoms with Gasteiger partial charge in [-0.1, -0.05) is 55.0 Å². The van der Waals surface area contributed by atoms with E-state index in [1.807, 2.05) is 12.1 Å². The van der Waals surface area contributed by atoms with E-state index in [1.165, 1.54) is 36.0 Å². The second-order valence-electron chi connectivity index (χ2n) is 9.14. The Balaban J connectivity index is 1.63. The molecule has 3 aromatic rings. The third kappa shape index (κ3) is 4.69. The van der Waals surface area contributed by atoms with Crippen LogP contribution in [0.15, 0.2) is 78.4 Å². The second-order valence-corrected chi connectivity index (χ2v) is 9.14. The van der Waals surface area contributed by atoms with Gasteiger partial charge in [-0.2, -0.15) is 0 Å². The highest BCUT2D eigenvalue weighted by Gasteiger charge is 2.32. The molecule has 0 aliphatic carbocycles. The topological polar surface area (TPSA) is 30.9 Å². The lowest BCUT2D eigenvalue weighted by Gasteiger charge is -2.35. The van der Waals surface area contributed by atoms with Gasteiger partial charge in [-0.25, -0.2) is 0 Å². The number of rotatable bonds is 7. The smallest absolute Gasteiger partial charge is 0.161 e. The van der Waals surface area contributed by atoms with Gasteiger partial charge >= 0.3 is 0 Å². The first-order chi connectivity index (χ1) is 16.8. The van der Waals surface area contributed by atoms with E-state index in [2.05, 4.69) is 65.6 Å². The number of nitrogens with zero attached hydrogens (tertiary/aromatic N) is 1. The minimum Gasteiger partial charge on any atom is -0.493 e. The van der Waals surface area contributed by atoms with Crippen LogP contribution in [0.5, 0.6) is 17.2 Å². The Morgan fingerprint density at radius 1 is 0.824 bits per heavy atom. The molecule has 0 aromatic heterocycles. The SMILES string of the molecule is COc1ccc(C2=C(CN3CCCCC3)C(Cc3ccccc3)c3ccccc3O2)cc1OC. The maximum atomic E-state index is 6.67. The van der Waals surface area contributed by atoms with E-state index in [9.17, 15) is 0 Å². The Kier molecular flexibility index (Phi) is 6.87. The molecule has 3 aromatic carbocycles. The average molecular weight is 456 g/mol. The summed E-state index contributed by atoms with van der Waals surface area (Å²) in [7, 11) is 3.35. The number of piperidine rings is 1. The molecule has 1 saturated heterocycles. The van der Waals surface area contributed by atoms with Crippen LogP contribution in [0.25, 0.3) is 5.76 Å². The van der Waals surface area contributed by atoms with Crippen molar-refractivity contribution in [2.24, 2.45) is 0 Å². The number of ether oxygens (including phenoxy) is 3. The zero-order valence-corrected chi connectivity index (χ0v) is 20.1. The molecule has 2 aliphatic heterocycles. The highest BCUT2D eigenvalue weighted by Crippen LogP contribution is 2.45. The first-order valence-electron chi connectivity index (χ1n) is 12.3. The standard InChI is InChI=1S/C30H33NO3/c1-32-28-16-15-23(20-29(28)33-2)30-26(21-31-17-9-4-10-18-31)25(19-22-11-5-3-6-12-22)24-13-7-8-14-27(24)34-30/h3,5-8,11-16,20,25H,4,9-10,17-19,21H2,1-2H3. The number of likely N-dealkylation sites (tertiary alicyclic amines) is 1. The molecule has 0 amide bonds. The van der Waals surface area contributed by atoms with Crippen LogP contribution in [-0.2, 0) is 6.42 Å². The van der Waals surface area contributed by atoms with Crippen LogP contribution in [0.1, 0.15) is 41.9 Å². The Morgan fingerprint density at radius 2 is 1.56 bits per heavy atom. The van der Waals surface area contributed by atoms with Crippen molar-refractivity contribution in [3.8, 4) is 17.2 Å². The Hall–Kier alpha value is -3.24. The normalized spacial score (nSPS) is 18.2. The van der Waals surface area contributed by atoms with Crippen molar-refractivity contribution in [3.05, 3.63) is 95.1 Å². The van der Waals surface area contributed by atoms with Gasteiger partial charge in [-0.05, 0) is 67.8 Å². The molecule has 0 saturated carbocycles. The Bertz CT molecular complexity index is 1150. The van der Waals surface area contributed by atoms with Crippen LogP contribution >= 0.6 is 0 Å².